The lowest BCUT2D eigenvalue weighted by atomic mass is 9.46. The topological polar surface area (TPSA) is 52.0 Å². The van der Waals surface area contributed by atoms with E-state index in [9.17, 15) is 0 Å². The molecule has 11 atom stereocenters. The molecule has 4 fully saturated rings. The van der Waals surface area contributed by atoms with Crippen molar-refractivity contribution in [3.63, 3.8) is 0 Å². The second-order valence-corrected chi connectivity index (χ2v) is 13.8. The summed E-state index contributed by atoms with van der Waals surface area (Å²) in [5.41, 5.74) is 14.5. The van der Waals surface area contributed by atoms with E-state index in [4.69, 9.17) is 11.5 Å². The van der Waals surface area contributed by atoms with E-state index in [1.165, 1.54) is 64.2 Å². The van der Waals surface area contributed by atoms with Crippen LogP contribution in [0.5, 0.6) is 0 Å². The molecule has 0 aromatic heterocycles. The normalized spacial score (nSPS) is 45.7. The molecule has 0 aliphatic heterocycles. The molecule has 0 amide bonds. The average Bonchev–Trinajstić information content (AvgIpc) is 3.21. The van der Waals surface area contributed by atoms with Gasteiger partial charge in [0.05, 0.1) is 0 Å². The summed E-state index contributed by atoms with van der Waals surface area (Å²) in [7, 11) is 0. The van der Waals surface area contributed by atoms with Crippen LogP contribution >= 0.6 is 0 Å². The summed E-state index contributed by atoms with van der Waals surface area (Å²) >= 11 is 0. The summed E-state index contributed by atoms with van der Waals surface area (Å²) < 4.78 is 0. The van der Waals surface area contributed by atoms with Gasteiger partial charge in [-0.3, -0.25) is 0 Å². The minimum absolute atomic E-state index is 0. The third-order valence-electron chi connectivity index (χ3n) is 11.4. The van der Waals surface area contributed by atoms with Gasteiger partial charge in [0.25, 0.3) is 0 Å². The second-order valence-electron chi connectivity index (χ2n) is 13.8. The molecule has 4 N–H and O–H groups in total. The van der Waals surface area contributed by atoms with Crippen molar-refractivity contribution in [3.8, 4) is 0 Å². The van der Waals surface area contributed by atoms with E-state index in [1.807, 2.05) is 0 Å². The zero-order chi connectivity index (χ0) is 23.8. The van der Waals surface area contributed by atoms with E-state index < -0.39 is 0 Å². The van der Waals surface area contributed by atoms with Crippen molar-refractivity contribution in [2.45, 2.75) is 139 Å². The highest BCUT2D eigenvalue weighted by molar-refractivity contribution is 5.14. The number of hydrogen-bond acceptors (Lipinski definition) is 2. The number of rotatable bonds is 5. The number of fused-ring (bicyclic) bond motifs is 5. The molecular formula is C31H62N2. The van der Waals surface area contributed by atoms with Gasteiger partial charge in [0.1, 0.15) is 0 Å². The van der Waals surface area contributed by atoms with E-state index in [0.29, 0.717) is 22.9 Å². The van der Waals surface area contributed by atoms with Crippen molar-refractivity contribution in [2.24, 2.45) is 69.6 Å². The predicted molar refractivity (Wildman–Crippen MR) is 147 cm³/mol. The maximum atomic E-state index is 6.98. The lowest BCUT2D eigenvalue weighted by Gasteiger charge is -2.60. The van der Waals surface area contributed by atoms with Crippen LogP contribution in [0.15, 0.2) is 0 Å². The molecule has 0 heterocycles. The Balaban J connectivity index is 0.000000914. The van der Waals surface area contributed by atoms with Crippen LogP contribution in [0.3, 0.4) is 0 Å². The Hall–Kier alpha value is -0.0800. The van der Waals surface area contributed by atoms with Crippen molar-refractivity contribution < 1.29 is 0 Å². The van der Waals surface area contributed by atoms with Gasteiger partial charge in [0.15, 0.2) is 0 Å². The van der Waals surface area contributed by atoms with E-state index >= 15 is 0 Å². The van der Waals surface area contributed by atoms with E-state index in [1.54, 1.807) is 0 Å². The summed E-state index contributed by atoms with van der Waals surface area (Å²) in [6.07, 6.45) is 13.5. The van der Waals surface area contributed by atoms with Gasteiger partial charge in [0, 0.05) is 12.1 Å². The smallest absolute Gasteiger partial charge is 0.00757 e. The molecule has 0 radical (unpaired) electrons. The van der Waals surface area contributed by atoms with Crippen molar-refractivity contribution >= 4 is 0 Å². The molecule has 4 aliphatic rings. The first-order valence-electron chi connectivity index (χ1n) is 14.5. The number of nitrogens with two attached hydrogens (primary N) is 2. The first-order chi connectivity index (χ1) is 15.0. The van der Waals surface area contributed by atoms with Crippen LogP contribution in [0.25, 0.3) is 0 Å². The minimum atomic E-state index is 0. The van der Waals surface area contributed by atoms with E-state index in [2.05, 4.69) is 55.4 Å². The molecule has 11 unspecified atom stereocenters. The standard InChI is InChI=1S/C27H50N2.C3H8.CH4/c1-16(2)17(3)7-8-18(4)21-9-10-22-25-23(11-12-26(21,22)5)27(6)15-20(28)13-19(27)14-24(25)29;1-3-2;/h16-25H,7-15,28-29H2,1-6H3;3H2,1-2H3;1H4. The second kappa shape index (κ2) is 11.3. The Morgan fingerprint density at radius 1 is 0.848 bits per heavy atom. The molecule has 2 nitrogen and oxygen atoms in total. The van der Waals surface area contributed by atoms with Gasteiger partial charge in [-0.05, 0) is 103 Å². The summed E-state index contributed by atoms with van der Waals surface area (Å²) in [5.74, 6) is 6.68. The van der Waals surface area contributed by atoms with E-state index in [-0.39, 0.29) is 7.43 Å². The molecule has 2 heteroatoms. The Morgan fingerprint density at radius 3 is 2.06 bits per heavy atom. The van der Waals surface area contributed by atoms with Gasteiger partial charge < -0.3 is 11.5 Å². The van der Waals surface area contributed by atoms with Crippen molar-refractivity contribution in [3.05, 3.63) is 0 Å². The quantitative estimate of drug-likeness (QED) is 0.432. The van der Waals surface area contributed by atoms with Crippen LogP contribution in [0, 0.1) is 58.2 Å². The molecule has 0 aromatic carbocycles. The highest BCUT2D eigenvalue weighted by atomic mass is 14.8. The highest BCUT2D eigenvalue weighted by Gasteiger charge is 2.63. The van der Waals surface area contributed by atoms with Gasteiger partial charge in [0.2, 0.25) is 0 Å². The van der Waals surface area contributed by atoms with E-state index in [0.717, 1.165) is 47.3 Å². The highest BCUT2D eigenvalue weighted by Crippen LogP contribution is 2.68. The molecule has 33 heavy (non-hydrogen) atoms. The summed E-state index contributed by atoms with van der Waals surface area (Å²) in [6, 6.07) is 0.839. The van der Waals surface area contributed by atoms with Gasteiger partial charge in [-0.25, -0.2) is 0 Å². The lowest BCUT2D eigenvalue weighted by Crippen LogP contribution is -2.58. The molecular weight excluding hydrogens is 400 g/mol. The zero-order valence-corrected chi connectivity index (χ0v) is 23.0. The molecule has 4 saturated carbocycles. The lowest BCUT2D eigenvalue weighted by molar-refractivity contribution is -0.0994. The summed E-state index contributed by atoms with van der Waals surface area (Å²) in [4.78, 5) is 0. The molecule has 0 bridgehead atoms. The molecule has 4 aliphatic carbocycles. The third-order valence-corrected chi connectivity index (χ3v) is 11.4. The minimum Gasteiger partial charge on any atom is -0.328 e. The van der Waals surface area contributed by atoms with Crippen molar-refractivity contribution in [1.29, 1.82) is 0 Å². The Labute approximate surface area is 208 Å². The fourth-order valence-electron chi connectivity index (χ4n) is 9.35. The van der Waals surface area contributed by atoms with Crippen molar-refractivity contribution in [1.82, 2.24) is 0 Å². The van der Waals surface area contributed by atoms with Gasteiger partial charge in [-0.15, -0.1) is 0 Å². The maximum Gasteiger partial charge on any atom is 0.00757 e. The fourth-order valence-corrected chi connectivity index (χ4v) is 9.35. The van der Waals surface area contributed by atoms with Crippen molar-refractivity contribution in [2.75, 3.05) is 0 Å². The maximum absolute atomic E-state index is 6.98. The molecule has 0 saturated heterocycles. The SMILES string of the molecule is C.CC(C)C(C)CCC(C)C1CCC2C3C(N)CC4CC(N)CC4(C)C3CCC12C.CCC. The monoisotopic (exact) mass is 462 g/mol. The molecule has 0 spiro atoms. The predicted octanol–water partition coefficient (Wildman–Crippen LogP) is 8.28. The first kappa shape index (κ1) is 29.2. The Morgan fingerprint density at radius 2 is 1.45 bits per heavy atom. The van der Waals surface area contributed by atoms with Gasteiger partial charge in [-0.2, -0.15) is 0 Å². The van der Waals surface area contributed by atoms with Crippen LogP contribution < -0.4 is 11.5 Å². The van der Waals surface area contributed by atoms with Gasteiger partial charge in [-0.1, -0.05) is 82.1 Å². The molecule has 0 aromatic rings. The van der Waals surface area contributed by atoms with Crippen LogP contribution in [0.4, 0.5) is 0 Å². The fraction of sp³-hybridized carbons (Fsp3) is 1.00. The van der Waals surface area contributed by atoms with Crippen LogP contribution in [0.2, 0.25) is 0 Å². The zero-order valence-electron chi connectivity index (χ0n) is 23.0. The summed E-state index contributed by atoms with van der Waals surface area (Å²) in [5, 5.41) is 0. The Kier molecular flexibility index (Phi) is 10.0. The average molecular weight is 463 g/mol. The van der Waals surface area contributed by atoms with Crippen LogP contribution in [-0.2, 0) is 0 Å². The largest absolute Gasteiger partial charge is 0.328 e. The molecule has 196 valence electrons. The van der Waals surface area contributed by atoms with Gasteiger partial charge >= 0.3 is 0 Å². The van der Waals surface area contributed by atoms with Crippen LogP contribution in [0.1, 0.15) is 127 Å². The number of hydrogen-bond donors (Lipinski definition) is 2. The Bertz CT molecular complexity index is 602. The summed E-state index contributed by atoms with van der Waals surface area (Å²) in [6.45, 7) is 19.3. The van der Waals surface area contributed by atoms with Crippen LogP contribution in [-0.4, -0.2) is 12.1 Å². The first-order valence-corrected chi connectivity index (χ1v) is 14.5. The molecule has 4 rings (SSSR count). The third kappa shape index (κ3) is 5.37.